The van der Waals surface area contributed by atoms with Crippen LogP contribution in [0, 0.1) is 0 Å². The first-order valence-electron chi connectivity index (χ1n) is 8.25. The molecule has 1 amide bonds. The molecule has 8 heteroatoms. The van der Waals surface area contributed by atoms with E-state index in [0.717, 1.165) is 38.9 Å². The fourth-order valence-electron chi connectivity index (χ4n) is 3.39. The molecule has 7 nitrogen and oxygen atoms in total. The van der Waals surface area contributed by atoms with Crippen LogP contribution in [0.1, 0.15) is 36.7 Å². The number of carbonyl (C=O) groups is 1. The maximum Gasteiger partial charge on any atom is 0.271 e. The van der Waals surface area contributed by atoms with Crippen LogP contribution < -0.4 is 5.32 Å². The van der Waals surface area contributed by atoms with Gasteiger partial charge in [0, 0.05) is 37.9 Å². The summed E-state index contributed by atoms with van der Waals surface area (Å²) in [5.41, 5.74) is 0.455. The quantitative estimate of drug-likeness (QED) is 0.851. The highest BCUT2D eigenvalue weighted by atomic mass is 32.2. The lowest BCUT2D eigenvalue weighted by Crippen LogP contribution is -2.48. The summed E-state index contributed by atoms with van der Waals surface area (Å²) in [6.07, 6.45) is 4.26. The Morgan fingerprint density at radius 3 is 2.65 bits per heavy atom. The molecule has 128 valence electrons. The van der Waals surface area contributed by atoms with Crippen molar-refractivity contribution >= 4 is 15.7 Å². The Balaban J connectivity index is 1.48. The minimum absolute atomic E-state index is 0.126. The molecule has 0 spiro atoms. The monoisotopic (exact) mass is 340 g/mol. The maximum absolute atomic E-state index is 12.2. The number of hydrogen-bond acceptors (Lipinski definition) is 5. The molecule has 2 aliphatic heterocycles. The van der Waals surface area contributed by atoms with Crippen molar-refractivity contribution in [3.05, 3.63) is 18.0 Å². The summed E-state index contributed by atoms with van der Waals surface area (Å²) in [6.45, 7) is 4.41. The van der Waals surface area contributed by atoms with E-state index >= 15 is 0 Å². The summed E-state index contributed by atoms with van der Waals surface area (Å²) >= 11 is 0. The van der Waals surface area contributed by atoms with Crippen LogP contribution in [-0.4, -0.2) is 65.7 Å². The van der Waals surface area contributed by atoms with E-state index in [1.54, 1.807) is 16.9 Å². The molecule has 0 aliphatic carbocycles. The lowest BCUT2D eigenvalue weighted by atomic mass is 10.0. The van der Waals surface area contributed by atoms with Gasteiger partial charge in [0.25, 0.3) is 5.91 Å². The first-order chi connectivity index (χ1) is 11.0. The van der Waals surface area contributed by atoms with Gasteiger partial charge in [0.1, 0.15) is 5.69 Å². The Hall–Kier alpha value is -1.41. The van der Waals surface area contributed by atoms with Gasteiger partial charge in [-0.1, -0.05) is 0 Å². The fraction of sp³-hybridized carbons (Fsp3) is 0.733. The van der Waals surface area contributed by atoms with Crippen LogP contribution >= 0.6 is 0 Å². The molecule has 3 heterocycles. The minimum atomic E-state index is -2.84. The third-order valence-corrected chi connectivity index (χ3v) is 6.54. The van der Waals surface area contributed by atoms with E-state index in [-0.39, 0.29) is 18.0 Å². The van der Waals surface area contributed by atoms with Crippen molar-refractivity contribution in [1.82, 2.24) is 20.0 Å². The smallest absolute Gasteiger partial charge is 0.271 e. The number of hydrogen-bond donors (Lipinski definition) is 1. The van der Waals surface area contributed by atoms with Crippen molar-refractivity contribution in [2.75, 3.05) is 24.6 Å². The SMILES string of the molecule is CCn1ccc(C(=O)NC2CCN(C3CCS(=O)(=O)C3)CC2)n1. The van der Waals surface area contributed by atoms with Crippen LogP contribution in [0.5, 0.6) is 0 Å². The second-order valence-corrected chi connectivity index (χ2v) is 8.63. The van der Waals surface area contributed by atoms with Crippen molar-refractivity contribution in [1.29, 1.82) is 0 Å². The summed E-state index contributed by atoms with van der Waals surface area (Å²) in [7, 11) is -2.84. The molecule has 23 heavy (non-hydrogen) atoms. The summed E-state index contributed by atoms with van der Waals surface area (Å²) in [4.78, 5) is 14.4. The predicted octanol–water partition coefficient (Wildman–Crippen LogP) is 0.284. The number of aromatic nitrogens is 2. The van der Waals surface area contributed by atoms with Gasteiger partial charge in [-0.3, -0.25) is 14.4 Å². The molecule has 1 aromatic heterocycles. The summed E-state index contributed by atoms with van der Waals surface area (Å²) in [6, 6.07) is 2.04. The summed E-state index contributed by atoms with van der Waals surface area (Å²) in [5.74, 6) is 0.478. The van der Waals surface area contributed by atoms with E-state index < -0.39 is 9.84 Å². The van der Waals surface area contributed by atoms with Crippen molar-refractivity contribution in [2.24, 2.45) is 0 Å². The number of rotatable bonds is 4. The average Bonchev–Trinajstić information content (AvgIpc) is 3.14. The molecule has 1 N–H and O–H groups in total. The van der Waals surface area contributed by atoms with Gasteiger partial charge < -0.3 is 5.32 Å². The molecule has 1 unspecified atom stereocenters. The number of sulfone groups is 1. The molecular formula is C15H24N4O3S. The normalized spacial score (nSPS) is 25.5. The Labute approximate surface area is 137 Å². The zero-order valence-corrected chi connectivity index (χ0v) is 14.3. The van der Waals surface area contributed by atoms with E-state index in [9.17, 15) is 13.2 Å². The molecule has 2 saturated heterocycles. The van der Waals surface area contributed by atoms with Gasteiger partial charge in [-0.05, 0) is 32.3 Å². The van der Waals surface area contributed by atoms with E-state index in [1.807, 2.05) is 6.92 Å². The van der Waals surface area contributed by atoms with Gasteiger partial charge in [-0.2, -0.15) is 5.10 Å². The van der Waals surface area contributed by atoms with Crippen molar-refractivity contribution in [3.8, 4) is 0 Å². The van der Waals surface area contributed by atoms with Gasteiger partial charge >= 0.3 is 0 Å². The van der Waals surface area contributed by atoms with Gasteiger partial charge in [-0.25, -0.2) is 8.42 Å². The van der Waals surface area contributed by atoms with E-state index in [2.05, 4.69) is 15.3 Å². The average molecular weight is 340 g/mol. The largest absolute Gasteiger partial charge is 0.348 e. The van der Waals surface area contributed by atoms with Gasteiger partial charge in [0.15, 0.2) is 9.84 Å². The van der Waals surface area contributed by atoms with Gasteiger partial charge in [0.2, 0.25) is 0 Å². The Morgan fingerprint density at radius 1 is 1.35 bits per heavy atom. The van der Waals surface area contributed by atoms with Crippen LogP contribution in [-0.2, 0) is 16.4 Å². The number of nitrogens with one attached hydrogen (secondary N) is 1. The Morgan fingerprint density at radius 2 is 2.09 bits per heavy atom. The molecule has 1 aromatic rings. The third-order valence-electron chi connectivity index (χ3n) is 4.79. The van der Waals surface area contributed by atoms with Crippen LogP contribution in [0.3, 0.4) is 0 Å². The zero-order chi connectivity index (χ0) is 16.4. The van der Waals surface area contributed by atoms with E-state index in [0.29, 0.717) is 17.2 Å². The van der Waals surface area contributed by atoms with Crippen LogP contribution in [0.15, 0.2) is 12.3 Å². The number of aryl methyl sites for hydroxylation is 1. The Kier molecular flexibility index (Phi) is 4.72. The van der Waals surface area contributed by atoms with Crippen molar-refractivity contribution in [2.45, 2.75) is 44.8 Å². The fourth-order valence-corrected chi connectivity index (χ4v) is 5.15. The van der Waals surface area contributed by atoms with Crippen molar-refractivity contribution in [3.63, 3.8) is 0 Å². The zero-order valence-electron chi connectivity index (χ0n) is 13.4. The highest BCUT2D eigenvalue weighted by molar-refractivity contribution is 7.91. The third kappa shape index (κ3) is 3.92. The predicted molar refractivity (Wildman–Crippen MR) is 87.0 cm³/mol. The second-order valence-electron chi connectivity index (χ2n) is 6.40. The number of likely N-dealkylation sites (tertiary alicyclic amines) is 1. The highest BCUT2D eigenvalue weighted by Crippen LogP contribution is 2.22. The van der Waals surface area contributed by atoms with Crippen LogP contribution in [0.25, 0.3) is 0 Å². The molecule has 1 atom stereocenters. The molecular weight excluding hydrogens is 316 g/mol. The van der Waals surface area contributed by atoms with E-state index in [1.165, 1.54) is 0 Å². The Bertz CT molecular complexity index is 662. The molecule has 0 radical (unpaired) electrons. The molecule has 0 bridgehead atoms. The molecule has 2 aliphatic rings. The maximum atomic E-state index is 12.2. The molecule has 0 saturated carbocycles. The van der Waals surface area contributed by atoms with Gasteiger partial charge in [-0.15, -0.1) is 0 Å². The topological polar surface area (TPSA) is 84.3 Å². The molecule has 2 fully saturated rings. The number of piperidine rings is 1. The second kappa shape index (κ2) is 6.60. The lowest BCUT2D eigenvalue weighted by molar-refractivity contribution is 0.0892. The van der Waals surface area contributed by atoms with E-state index in [4.69, 9.17) is 0 Å². The summed E-state index contributed by atoms with van der Waals surface area (Å²) < 4.78 is 24.9. The summed E-state index contributed by atoms with van der Waals surface area (Å²) in [5, 5.41) is 7.26. The number of nitrogens with zero attached hydrogens (tertiary/aromatic N) is 3. The first-order valence-corrected chi connectivity index (χ1v) is 10.1. The number of carbonyl (C=O) groups excluding carboxylic acids is 1. The van der Waals surface area contributed by atoms with Crippen LogP contribution in [0.4, 0.5) is 0 Å². The first kappa shape index (κ1) is 16.4. The van der Waals surface area contributed by atoms with Crippen LogP contribution in [0.2, 0.25) is 0 Å². The highest BCUT2D eigenvalue weighted by Gasteiger charge is 2.34. The van der Waals surface area contributed by atoms with Gasteiger partial charge in [0.05, 0.1) is 11.5 Å². The molecule has 0 aromatic carbocycles. The lowest BCUT2D eigenvalue weighted by Gasteiger charge is -2.35. The standard InChI is InChI=1S/C15H24N4O3S/c1-2-19-9-5-14(17-19)15(20)16-12-3-7-18(8-4-12)13-6-10-23(21,22)11-13/h5,9,12-13H,2-4,6-8,10-11H2,1H3,(H,16,20). The minimum Gasteiger partial charge on any atom is -0.348 e. The number of amides is 1. The molecule has 3 rings (SSSR count). The van der Waals surface area contributed by atoms with Crippen molar-refractivity contribution < 1.29 is 13.2 Å².